The maximum Gasteiger partial charge on any atom is 0.333 e. The number of hydrogen-bond acceptors (Lipinski definition) is 6. The number of halogens is 2. The van der Waals surface area contributed by atoms with Crippen LogP contribution < -0.4 is 21.8 Å². The van der Waals surface area contributed by atoms with Gasteiger partial charge in [-0.05, 0) is 62.2 Å². The van der Waals surface area contributed by atoms with Crippen LogP contribution >= 0.6 is 23.2 Å². The molecule has 0 unspecified atom stereocenters. The number of aromatic amines is 1. The van der Waals surface area contributed by atoms with E-state index in [9.17, 15) is 4.79 Å². The molecular formula is C23H21Cl2N7O. The van der Waals surface area contributed by atoms with Crippen LogP contribution in [0.2, 0.25) is 10.0 Å². The Hall–Kier alpha value is -3.20. The zero-order valence-corrected chi connectivity index (χ0v) is 19.5. The number of rotatable bonds is 3. The molecule has 4 aromatic rings. The maximum atomic E-state index is 12.8. The highest BCUT2D eigenvalue weighted by Gasteiger charge is 2.26. The molecule has 8 nitrogen and oxygen atoms in total. The summed E-state index contributed by atoms with van der Waals surface area (Å²) < 4.78 is 1.11. The third kappa shape index (κ3) is 3.80. The Bertz CT molecular complexity index is 1500. The monoisotopic (exact) mass is 481 g/mol. The summed E-state index contributed by atoms with van der Waals surface area (Å²) in [4.78, 5) is 24.3. The fourth-order valence-corrected chi connectivity index (χ4v) is 4.79. The number of benzene rings is 2. The van der Waals surface area contributed by atoms with E-state index in [1.807, 2.05) is 6.07 Å². The Morgan fingerprint density at radius 3 is 2.70 bits per heavy atom. The van der Waals surface area contributed by atoms with Crippen molar-refractivity contribution < 1.29 is 0 Å². The Kier molecular flexibility index (Phi) is 5.23. The lowest BCUT2D eigenvalue weighted by Crippen LogP contribution is -2.42. The van der Waals surface area contributed by atoms with E-state index in [4.69, 9.17) is 28.6 Å². The predicted molar refractivity (Wildman–Crippen MR) is 130 cm³/mol. The van der Waals surface area contributed by atoms with Gasteiger partial charge >= 0.3 is 5.69 Å². The van der Waals surface area contributed by atoms with Crippen LogP contribution in [-0.4, -0.2) is 26.1 Å². The number of nitrogens with one attached hydrogen (secondary N) is 4. The van der Waals surface area contributed by atoms with E-state index in [1.54, 1.807) is 18.2 Å². The molecule has 0 aliphatic carbocycles. The van der Waals surface area contributed by atoms with Crippen LogP contribution in [0, 0.1) is 5.41 Å². The van der Waals surface area contributed by atoms with Crippen molar-refractivity contribution in [1.29, 1.82) is 5.41 Å². The molecule has 4 N–H and O–H groups in total. The van der Waals surface area contributed by atoms with Crippen molar-refractivity contribution >= 4 is 45.9 Å². The molecule has 0 bridgehead atoms. The second kappa shape index (κ2) is 7.98. The summed E-state index contributed by atoms with van der Waals surface area (Å²) in [5.41, 5.74) is 3.11. The normalized spacial score (nSPS) is 14.8. The SMILES string of the molecule is CC1(C)NCCc2cc(Nc3ncc4c(=N)n(-c5c(Cl)cccc5Cl)c(=O)[nH]c4n3)ccc21. The summed E-state index contributed by atoms with van der Waals surface area (Å²) in [6.07, 6.45) is 2.43. The van der Waals surface area contributed by atoms with Crippen LogP contribution in [0.4, 0.5) is 11.6 Å². The molecule has 5 rings (SSSR count). The minimum absolute atomic E-state index is 0.0739. The van der Waals surface area contributed by atoms with Crippen molar-refractivity contribution in [3.05, 3.63) is 79.7 Å². The van der Waals surface area contributed by atoms with Crippen LogP contribution in [0.1, 0.15) is 25.0 Å². The van der Waals surface area contributed by atoms with E-state index in [0.717, 1.165) is 23.2 Å². The second-order valence-corrected chi connectivity index (χ2v) is 9.25. The van der Waals surface area contributed by atoms with Gasteiger partial charge in [0.25, 0.3) is 0 Å². The summed E-state index contributed by atoms with van der Waals surface area (Å²) >= 11 is 12.5. The van der Waals surface area contributed by atoms with E-state index < -0.39 is 5.69 Å². The lowest BCUT2D eigenvalue weighted by atomic mass is 9.85. The number of nitrogens with zero attached hydrogens (tertiary/aromatic N) is 3. The highest BCUT2D eigenvalue weighted by Crippen LogP contribution is 2.30. The van der Waals surface area contributed by atoms with Crippen molar-refractivity contribution in [3.8, 4) is 5.69 Å². The average molecular weight is 482 g/mol. The smallest absolute Gasteiger partial charge is 0.324 e. The number of para-hydroxylation sites is 1. The molecule has 0 saturated heterocycles. The van der Waals surface area contributed by atoms with Gasteiger partial charge in [-0.2, -0.15) is 4.98 Å². The topological polar surface area (TPSA) is 111 Å². The first-order valence-electron chi connectivity index (χ1n) is 10.4. The molecule has 1 aliphatic heterocycles. The van der Waals surface area contributed by atoms with Gasteiger partial charge in [-0.1, -0.05) is 35.3 Å². The highest BCUT2D eigenvalue weighted by molar-refractivity contribution is 6.37. The van der Waals surface area contributed by atoms with Gasteiger partial charge in [0.2, 0.25) is 5.95 Å². The van der Waals surface area contributed by atoms with E-state index in [0.29, 0.717) is 11.3 Å². The lowest BCUT2D eigenvalue weighted by Gasteiger charge is -2.34. The fraction of sp³-hybridized carbons (Fsp3) is 0.217. The van der Waals surface area contributed by atoms with E-state index in [2.05, 4.69) is 51.6 Å². The zero-order chi connectivity index (χ0) is 23.3. The van der Waals surface area contributed by atoms with Crippen LogP contribution in [0.15, 0.2) is 47.4 Å². The molecule has 2 aromatic heterocycles. The standard InChI is InChI=1S/C23H21Cl2N7O/c1-23(2)15-7-6-13(10-12(15)8-9-28-23)29-21-27-11-14-19(26)32(22(33)31-20(14)30-21)18-16(24)4-3-5-17(18)25/h3-7,10-11,26,28H,8-9H2,1-2H3,(H2,27,29,30,31,33). The van der Waals surface area contributed by atoms with Crippen molar-refractivity contribution in [2.45, 2.75) is 25.8 Å². The predicted octanol–water partition coefficient (Wildman–Crippen LogP) is 4.02. The van der Waals surface area contributed by atoms with Gasteiger partial charge in [0.1, 0.15) is 5.49 Å². The van der Waals surface area contributed by atoms with E-state index >= 15 is 0 Å². The Labute approximate surface area is 199 Å². The number of fused-ring (bicyclic) bond motifs is 2. The van der Waals surface area contributed by atoms with Crippen molar-refractivity contribution in [2.75, 3.05) is 11.9 Å². The van der Waals surface area contributed by atoms with Gasteiger partial charge in [0, 0.05) is 17.4 Å². The second-order valence-electron chi connectivity index (χ2n) is 8.44. The Balaban J connectivity index is 1.54. The summed E-state index contributed by atoms with van der Waals surface area (Å²) in [5.74, 6) is 0.319. The Morgan fingerprint density at radius 2 is 1.94 bits per heavy atom. The first-order valence-corrected chi connectivity index (χ1v) is 11.2. The summed E-state index contributed by atoms with van der Waals surface area (Å²) in [7, 11) is 0. The molecule has 0 spiro atoms. The van der Waals surface area contributed by atoms with Crippen LogP contribution in [-0.2, 0) is 12.0 Å². The van der Waals surface area contributed by atoms with Crippen LogP contribution in [0.3, 0.4) is 0 Å². The van der Waals surface area contributed by atoms with Crippen molar-refractivity contribution in [3.63, 3.8) is 0 Å². The number of hydrogen-bond donors (Lipinski definition) is 4. The lowest BCUT2D eigenvalue weighted by molar-refractivity contribution is 0.382. The van der Waals surface area contributed by atoms with Gasteiger partial charge in [-0.25, -0.2) is 14.3 Å². The molecule has 0 atom stereocenters. The average Bonchev–Trinajstić information content (AvgIpc) is 2.75. The third-order valence-corrected chi connectivity index (χ3v) is 6.46. The van der Waals surface area contributed by atoms with Gasteiger partial charge in [-0.3, -0.25) is 10.4 Å². The molecular weight excluding hydrogens is 461 g/mol. The molecule has 2 aromatic carbocycles. The Morgan fingerprint density at radius 1 is 1.18 bits per heavy atom. The summed E-state index contributed by atoms with van der Waals surface area (Å²) in [5, 5.41) is 16.2. The van der Waals surface area contributed by atoms with Gasteiger partial charge in [-0.15, -0.1) is 0 Å². The number of anilines is 2. The molecule has 0 amide bonds. The van der Waals surface area contributed by atoms with Crippen LogP contribution in [0.5, 0.6) is 0 Å². The molecule has 33 heavy (non-hydrogen) atoms. The first kappa shape index (κ1) is 21.6. The fourth-order valence-electron chi connectivity index (χ4n) is 4.23. The molecule has 1 aliphatic rings. The minimum Gasteiger partial charge on any atom is -0.324 e. The minimum atomic E-state index is -0.573. The third-order valence-electron chi connectivity index (χ3n) is 5.85. The molecule has 0 saturated carbocycles. The number of aromatic nitrogens is 4. The van der Waals surface area contributed by atoms with Gasteiger partial charge in [0.15, 0.2) is 5.65 Å². The molecule has 0 radical (unpaired) electrons. The van der Waals surface area contributed by atoms with Gasteiger partial charge in [0.05, 0.1) is 21.1 Å². The van der Waals surface area contributed by atoms with Crippen molar-refractivity contribution in [2.24, 2.45) is 0 Å². The zero-order valence-electron chi connectivity index (χ0n) is 18.0. The first-order chi connectivity index (χ1) is 15.7. The van der Waals surface area contributed by atoms with Gasteiger partial charge < -0.3 is 10.6 Å². The maximum absolute atomic E-state index is 12.8. The summed E-state index contributed by atoms with van der Waals surface area (Å²) in [6, 6.07) is 11.1. The molecule has 3 heterocycles. The summed E-state index contributed by atoms with van der Waals surface area (Å²) in [6.45, 7) is 5.25. The molecule has 0 fully saturated rings. The molecule has 10 heteroatoms. The van der Waals surface area contributed by atoms with E-state index in [-0.39, 0.29) is 32.4 Å². The van der Waals surface area contributed by atoms with Crippen molar-refractivity contribution in [1.82, 2.24) is 24.8 Å². The highest BCUT2D eigenvalue weighted by atomic mass is 35.5. The molecule has 168 valence electrons. The van der Waals surface area contributed by atoms with E-state index in [1.165, 1.54) is 17.3 Å². The largest absolute Gasteiger partial charge is 0.333 e. The quantitative estimate of drug-likeness (QED) is 0.353. The van der Waals surface area contributed by atoms with Crippen LogP contribution in [0.25, 0.3) is 16.7 Å². The number of H-pyrrole nitrogens is 1.